The van der Waals surface area contributed by atoms with Crippen molar-refractivity contribution >= 4 is 16.5 Å². The number of hydrogen-bond acceptors (Lipinski definition) is 5. The van der Waals surface area contributed by atoms with E-state index in [9.17, 15) is 0 Å². The van der Waals surface area contributed by atoms with E-state index < -0.39 is 0 Å². The van der Waals surface area contributed by atoms with Crippen molar-refractivity contribution in [3.8, 4) is 0 Å². The molecular formula is C12H21N3OS. The first kappa shape index (κ1) is 12.8. The monoisotopic (exact) mass is 255 g/mol. The number of ether oxygens (including phenoxy) is 1. The van der Waals surface area contributed by atoms with Crippen molar-refractivity contribution in [1.82, 2.24) is 10.3 Å². The van der Waals surface area contributed by atoms with E-state index in [1.807, 2.05) is 7.05 Å². The number of morpholine rings is 1. The molecule has 17 heavy (non-hydrogen) atoms. The molecule has 0 saturated carbocycles. The van der Waals surface area contributed by atoms with Crippen LogP contribution in [0.3, 0.4) is 0 Å². The van der Waals surface area contributed by atoms with Gasteiger partial charge in [0.05, 0.1) is 24.9 Å². The van der Waals surface area contributed by atoms with Crippen LogP contribution in [0, 0.1) is 6.92 Å². The van der Waals surface area contributed by atoms with Gasteiger partial charge in [-0.1, -0.05) is 6.92 Å². The number of nitrogens with one attached hydrogen (secondary N) is 1. The van der Waals surface area contributed by atoms with Crippen LogP contribution in [0.5, 0.6) is 0 Å². The average Bonchev–Trinajstić information content (AvgIpc) is 2.71. The van der Waals surface area contributed by atoms with E-state index in [1.165, 1.54) is 4.88 Å². The lowest BCUT2D eigenvalue weighted by Gasteiger charge is -2.34. The zero-order valence-electron chi connectivity index (χ0n) is 10.8. The molecule has 5 heteroatoms. The summed E-state index contributed by atoms with van der Waals surface area (Å²) in [6, 6.07) is 0.483. The van der Waals surface area contributed by atoms with Gasteiger partial charge in [-0.15, -0.1) is 11.3 Å². The fourth-order valence-corrected chi connectivity index (χ4v) is 3.28. The van der Waals surface area contributed by atoms with Gasteiger partial charge in [0.25, 0.3) is 0 Å². The van der Waals surface area contributed by atoms with Gasteiger partial charge in [-0.25, -0.2) is 4.98 Å². The van der Waals surface area contributed by atoms with Crippen molar-refractivity contribution in [3.63, 3.8) is 0 Å². The number of nitrogens with zero attached hydrogens (tertiary/aromatic N) is 2. The van der Waals surface area contributed by atoms with Crippen LogP contribution >= 0.6 is 11.3 Å². The van der Waals surface area contributed by atoms with Gasteiger partial charge >= 0.3 is 0 Å². The van der Waals surface area contributed by atoms with Gasteiger partial charge in [0.15, 0.2) is 5.13 Å². The molecule has 4 nitrogen and oxygen atoms in total. The lowest BCUT2D eigenvalue weighted by Crippen LogP contribution is -2.45. The SMILES string of the molecule is CCC1COCCN1c1nc(C)c(CNC)s1. The summed E-state index contributed by atoms with van der Waals surface area (Å²) in [6.07, 6.45) is 1.11. The van der Waals surface area contributed by atoms with Crippen LogP contribution in [0.4, 0.5) is 5.13 Å². The van der Waals surface area contributed by atoms with Gasteiger partial charge in [0.2, 0.25) is 0 Å². The molecule has 0 spiro atoms. The van der Waals surface area contributed by atoms with Crippen LogP contribution in [0.15, 0.2) is 0 Å². The minimum absolute atomic E-state index is 0.483. The molecule has 1 aliphatic heterocycles. The van der Waals surface area contributed by atoms with Gasteiger partial charge in [-0.3, -0.25) is 0 Å². The molecule has 0 aliphatic carbocycles. The summed E-state index contributed by atoms with van der Waals surface area (Å²) < 4.78 is 5.53. The Morgan fingerprint density at radius 3 is 3.12 bits per heavy atom. The number of rotatable bonds is 4. The predicted octanol–water partition coefficient (Wildman–Crippen LogP) is 1.79. The second-order valence-corrected chi connectivity index (χ2v) is 5.43. The lowest BCUT2D eigenvalue weighted by atomic mass is 10.2. The van der Waals surface area contributed by atoms with Crippen LogP contribution in [0.2, 0.25) is 0 Å². The zero-order chi connectivity index (χ0) is 12.3. The normalized spacial score (nSPS) is 20.9. The second-order valence-electron chi connectivity index (χ2n) is 4.37. The Hall–Kier alpha value is -0.650. The van der Waals surface area contributed by atoms with E-state index in [2.05, 4.69) is 24.1 Å². The molecule has 0 aromatic carbocycles. The summed E-state index contributed by atoms with van der Waals surface area (Å²) in [7, 11) is 1.97. The maximum Gasteiger partial charge on any atom is 0.186 e. The van der Waals surface area contributed by atoms with Crippen molar-refractivity contribution in [1.29, 1.82) is 0 Å². The third kappa shape index (κ3) is 2.78. The zero-order valence-corrected chi connectivity index (χ0v) is 11.6. The number of aryl methyl sites for hydroxylation is 1. The Bertz CT molecular complexity index is 367. The van der Waals surface area contributed by atoms with Crippen molar-refractivity contribution in [2.45, 2.75) is 32.9 Å². The summed E-state index contributed by atoms with van der Waals surface area (Å²) in [6.45, 7) is 7.82. The van der Waals surface area contributed by atoms with E-state index >= 15 is 0 Å². The van der Waals surface area contributed by atoms with Crippen LogP contribution in [-0.2, 0) is 11.3 Å². The Morgan fingerprint density at radius 2 is 2.41 bits per heavy atom. The summed E-state index contributed by atoms with van der Waals surface area (Å²) >= 11 is 1.81. The summed E-state index contributed by atoms with van der Waals surface area (Å²) in [5, 5.41) is 4.35. The van der Waals surface area contributed by atoms with Gasteiger partial charge < -0.3 is 15.0 Å². The molecule has 1 unspecified atom stereocenters. The third-order valence-electron chi connectivity index (χ3n) is 3.16. The molecule has 1 aromatic rings. The second kappa shape index (κ2) is 5.80. The summed E-state index contributed by atoms with van der Waals surface area (Å²) in [5.74, 6) is 0. The topological polar surface area (TPSA) is 37.4 Å². The van der Waals surface area contributed by atoms with Gasteiger partial charge in [-0.2, -0.15) is 0 Å². The van der Waals surface area contributed by atoms with E-state index in [-0.39, 0.29) is 0 Å². The Balaban J connectivity index is 2.17. The van der Waals surface area contributed by atoms with E-state index in [0.29, 0.717) is 6.04 Å². The average molecular weight is 255 g/mol. The fraction of sp³-hybridized carbons (Fsp3) is 0.750. The highest BCUT2D eigenvalue weighted by Crippen LogP contribution is 2.29. The van der Waals surface area contributed by atoms with Crippen LogP contribution in [-0.4, -0.2) is 37.8 Å². The molecule has 0 amide bonds. The first-order valence-electron chi connectivity index (χ1n) is 6.21. The van der Waals surface area contributed by atoms with Crippen LogP contribution < -0.4 is 10.2 Å². The maximum atomic E-state index is 5.53. The van der Waals surface area contributed by atoms with Crippen LogP contribution in [0.25, 0.3) is 0 Å². The molecule has 1 N–H and O–H groups in total. The molecule has 0 bridgehead atoms. The summed E-state index contributed by atoms with van der Waals surface area (Å²) in [5.41, 5.74) is 1.15. The van der Waals surface area contributed by atoms with Crippen molar-refractivity contribution in [3.05, 3.63) is 10.6 Å². The standard InChI is InChI=1S/C12H21N3OS/c1-4-10-8-16-6-5-15(10)12-14-9(2)11(17-12)7-13-3/h10,13H,4-8H2,1-3H3. The Morgan fingerprint density at radius 1 is 1.59 bits per heavy atom. The van der Waals surface area contributed by atoms with Crippen molar-refractivity contribution in [2.24, 2.45) is 0 Å². The van der Waals surface area contributed by atoms with Crippen molar-refractivity contribution < 1.29 is 4.74 Å². The molecule has 1 aromatic heterocycles. The molecular weight excluding hydrogens is 234 g/mol. The highest BCUT2D eigenvalue weighted by Gasteiger charge is 2.24. The minimum atomic E-state index is 0.483. The molecule has 96 valence electrons. The van der Waals surface area contributed by atoms with E-state index in [1.54, 1.807) is 11.3 Å². The minimum Gasteiger partial charge on any atom is -0.377 e. The van der Waals surface area contributed by atoms with Crippen LogP contribution in [0.1, 0.15) is 23.9 Å². The Kier molecular flexibility index (Phi) is 4.36. The molecule has 2 rings (SSSR count). The van der Waals surface area contributed by atoms with E-state index in [4.69, 9.17) is 9.72 Å². The van der Waals surface area contributed by atoms with E-state index in [0.717, 1.165) is 43.5 Å². The number of thiazole rings is 1. The smallest absolute Gasteiger partial charge is 0.186 e. The number of aromatic nitrogens is 1. The van der Waals surface area contributed by atoms with Gasteiger partial charge in [0.1, 0.15) is 0 Å². The number of anilines is 1. The van der Waals surface area contributed by atoms with Gasteiger partial charge in [-0.05, 0) is 20.4 Å². The third-order valence-corrected chi connectivity index (χ3v) is 4.36. The highest BCUT2D eigenvalue weighted by atomic mass is 32.1. The number of hydrogen-bond donors (Lipinski definition) is 1. The predicted molar refractivity (Wildman–Crippen MR) is 71.9 cm³/mol. The Labute approximate surface area is 107 Å². The first-order valence-corrected chi connectivity index (χ1v) is 7.03. The first-order chi connectivity index (χ1) is 8.26. The largest absolute Gasteiger partial charge is 0.377 e. The van der Waals surface area contributed by atoms with Gasteiger partial charge in [0, 0.05) is 18.0 Å². The highest BCUT2D eigenvalue weighted by molar-refractivity contribution is 7.15. The lowest BCUT2D eigenvalue weighted by molar-refractivity contribution is 0.0929. The molecule has 1 fully saturated rings. The molecule has 2 heterocycles. The van der Waals surface area contributed by atoms with Crippen molar-refractivity contribution in [2.75, 3.05) is 31.7 Å². The molecule has 1 atom stereocenters. The quantitative estimate of drug-likeness (QED) is 0.890. The maximum absolute atomic E-state index is 5.53. The molecule has 1 aliphatic rings. The summed E-state index contributed by atoms with van der Waals surface area (Å²) in [4.78, 5) is 8.44. The molecule has 0 radical (unpaired) electrons. The molecule has 1 saturated heterocycles. The fourth-order valence-electron chi connectivity index (χ4n) is 2.10.